The molecule has 0 aliphatic heterocycles. The maximum atomic E-state index is 14.0. The first kappa shape index (κ1) is 15.3. The number of hydrogen-bond acceptors (Lipinski definition) is 4. The third kappa shape index (κ3) is 2.93. The molecule has 25 heavy (non-hydrogen) atoms. The van der Waals surface area contributed by atoms with Crippen molar-refractivity contribution in [3.8, 4) is 0 Å². The van der Waals surface area contributed by atoms with Crippen molar-refractivity contribution in [1.29, 1.82) is 0 Å². The highest BCUT2D eigenvalue weighted by Gasteiger charge is 2.14. The molecule has 3 heterocycles. The molecule has 0 saturated heterocycles. The molecule has 0 aliphatic rings. The van der Waals surface area contributed by atoms with Gasteiger partial charge in [0.1, 0.15) is 17.5 Å². The van der Waals surface area contributed by atoms with Gasteiger partial charge in [-0.2, -0.15) is 10.2 Å². The lowest BCUT2D eigenvalue weighted by Gasteiger charge is -2.09. The Bertz CT molecular complexity index is 1030. The average molecular weight is 340 g/mol. The van der Waals surface area contributed by atoms with Crippen molar-refractivity contribution in [2.45, 2.75) is 6.42 Å². The van der Waals surface area contributed by atoms with E-state index in [9.17, 15) is 8.78 Å². The van der Waals surface area contributed by atoms with E-state index in [1.54, 1.807) is 29.2 Å². The summed E-state index contributed by atoms with van der Waals surface area (Å²) in [5.41, 5.74) is 1.22. The Morgan fingerprint density at radius 3 is 2.68 bits per heavy atom. The topological polar surface area (TPSA) is 71.4 Å². The number of hydrogen-bond donors (Lipinski definition) is 2. The van der Waals surface area contributed by atoms with Crippen molar-refractivity contribution in [3.63, 3.8) is 0 Å². The second-order valence-corrected chi connectivity index (χ2v) is 5.66. The predicted octanol–water partition coefficient (Wildman–Crippen LogP) is 3.30. The standard InChI is InChI=1S/C17H14F2N6/c1-25-6-5-16(24-25)22-17-8-15-11(9-20-23-15)14(21-17)7-10-12(18)3-2-4-13(10)19/h2-6,8-9H,7H2,1H3,(H,20,23)(H,21,22,24). The van der Waals surface area contributed by atoms with Crippen LogP contribution in [0.5, 0.6) is 0 Å². The number of pyridine rings is 1. The lowest BCUT2D eigenvalue weighted by atomic mass is 10.1. The summed E-state index contributed by atoms with van der Waals surface area (Å²) in [6.45, 7) is 0. The van der Waals surface area contributed by atoms with E-state index in [1.807, 2.05) is 7.05 Å². The van der Waals surface area contributed by atoms with Crippen LogP contribution < -0.4 is 5.32 Å². The summed E-state index contributed by atoms with van der Waals surface area (Å²) >= 11 is 0. The number of aromatic nitrogens is 5. The summed E-state index contributed by atoms with van der Waals surface area (Å²) in [4.78, 5) is 4.50. The molecule has 0 fully saturated rings. The number of anilines is 2. The van der Waals surface area contributed by atoms with Crippen LogP contribution in [0.15, 0.2) is 42.7 Å². The van der Waals surface area contributed by atoms with Crippen LogP contribution in [-0.4, -0.2) is 25.0 Å². The van der Waals surface area contributed by atoms with E-state index >= 15 is 0 Å². The zero-order chi connectivity index (χ0) is 17.4. The van der Waals surface area contributed by atoms with Gasteiger partial charge in [0, 0.05) is 42.7 Å². The Hall–Kier alpha value is -3.29. The molecule has 2 N–H and O–H groups in total. The fourth-order valence-electron chi connectivity index (χ4n) is 2.69. The largest absolute Gasteiger partial charge is 0.323 e. The molecular formula is C17H14F2N6. The quantitative estimate of drug-likeness (QED) is 0.598. The normalized spacial score (nSPS) is 11.2. The van der Waals surface area contributed by atoms with Crippen molar-refractivity contribution in [2.75, 3.05) is 5.32 Å². The number of benzene rings is 1. The van der Waals surface area contributed by atoms with Gasteiger partial charge in [0.2, 0.25) is 0 Å². The number of aromatic amines is 1. The predicted molar refractivity (Wildman–Crippen MR) is 89.5 cm³/mol. The number of nitrogens with one attached hydrogen (secondary N) is 2. The first-order valence-corrected chi connectivity index (χ1v) is 7.63. The van der Waals surface area contributed by atoms with E-state index in [1.165, 1.54) is 18.2 Å². The molecule has 0 amide bonds. The summed E-state index contributed by atoms with van der Waals surface area (Å²) in [6, 6.07) is 7.39. The minimum atomic E-state index is -0.596. The summed E-state index contributed by atoms with van der Waals surface area (Å²) in [6.07, 6.45) is 3.42. The van der Waals surface area contributed by atoms with Gasteiger partial charge < -0.3 is 5.32 Å². The van der Waals surface area contributed by atoms with E-state index in [0.29, 0.717) is 22.7 Å². The number of fused-ring (bicyclic) bond motifs is 1. The third-order valence-electron chi connectivity index (χ3n) is 3.89. The molecule has 0 radical (unpaired) electrons. The van der Waals surface area contributed by atoms with Crippen LogP contribution in [0.4, 0.5) is 20.4 Å². The Morgan fingerprint density at radius 1 is 1.16 bits per heavy atom. The number of aryl methyl sites for hydroxylation is 1. The number of halogens is 2. The number of rotatable bonds is 4. The monoisotopic (exact) mass is 340 g/mol. The van der Waals surface area contributed by atoms with Crippen molar-refractivity contribution >= 4 is 22.5 Å². The van der Waals surface area contributed by atoms with Crippen LogP contribution in [0.2, 0.25) is 0 Å². The molecule has 0 bridgehead atoms. The smallest absolute Gasteiger partial charge is 0.153 e. The summed E-state index contributed by atoms with van der Waals surface area (Å²) < 4.78 is 29.6. The van der Waals surface area contributed by atoms with Gasteiger partial charge in [0.05, 0.1) is 17.4 Å². The Kier molecular flexibility index (Phi) is 3.64. The van der Waals surface area contributed by atoms with Crippen LogP contribution in [0.25, 0.3) is 10.9 Å². The molecule has 1 aromatic carbocycles. The first-order valence-electron chi connectivity index (χ1n) is 7.63. The van der Waals surface area contributed by atoms with Gasteiger partial charge >= 0.3 is 0 Å². The van der Waals surface area contributed by atoms with E-state index in [4.69, 9.17) is 0 Å². The van der Waals surface area contributed by atoms with Crippen LogP contribution in [-0.2, 0) is 13.5 Å². The second-order valence-electron chi connectivity index (χ2n) is 5.66. The van der Waals surface area contributed by atoms with Gasteiger partial charge in [-0.15, -0.1) is 0 Å². The molecule has 0 aliphatic carbocycles. The lowest BCUT2D eigenvalue weighted by Crippen LogP contribution is -2.03. The molecular weight excluding hydrogens is 326 g/mol. The zero-order valence-electron chi connectivity index (χ0n) is 13.3. The van der Waals surface area contributed by atoms with Crippen molar-refractivity contribution < 1.29 is 8.78 Å². The van der Waals surface area contributed by atoms with Crippen LogP contribution >= 0.6 is 0 Å². The Morgan fingerprint density at radius 2 is 1.96 bits per heavy atom. The maximum absolute atomic E-state index is 14.0. The van der Waals surface area contributed by atoms with E-state index in [0.717, 1.165) is 5.52 Å². The van der Waals surface area contributed by atoms with Crippen molar-refractivity contribution in [1.82, 2.24) is 25.0 Å². The molecule has 0 atom stereocenters. The lowest BCUT2D eigenvalue weighted by molar-refractivity contribution is 0.561. The van der Waals surface area contributed by atoms with Crippen LogP contribution in [0, 0.1) is 11.6 Å². The maximum Gasteiger partial charge on any atom is 0.153 e. The second kappa shape index (κ2) is 5.97. The Balaban J connectivity index is 1.76. The molecule has 4 aromatic rings. The molecule has 3 aromatic heterocycles. The van der Waals surface area contributed by atoms with Crippen molar-refractivity contribution in [3.05, 3.63) is 65.6 Å². The summed E-state index contributed by atoms with van der Waals surface area (Å²) in [5.74, 6) is -0.0536. The molecule has 0 unspecified atom stereocenters. The van der Waals surface area contributed by atoms with E-state index in [2.05, 4.69) is 25.6 Å². The molecule has 0 saturated carbocycles. The van der Waals surface area contributed by atoms with Gasteiger partial charge in [-0.1, -0.05) is 6.07 Å². The highest BCUT2D eigenvalue weighted by atomic mass is 19.1. The zero-order valence-corrected chi connectivity index (χ0v) is 13.3. The van der Waals surface area contributed by atoms with Crippen molar-refractivity contribution in [2.24, 2.45) is 7.05 Å². The Labute approximate surface area is 141 Å². The van der Waals surface area contributed by atoms with Crippen LogP contribution in [0.3, 0.4) is 0 Å². The number of H-pyrrole nitrogens is 1. The number of nitrogens with zero attached hydrogens (tertiary/aromatic N) is 4. The first-order chi connectivity index (χ1) is 12.1. The fourth-order valence-corrected chi connectivity index (χ4v) is 2.69. The third-order valence-corrected chi connectivity index (χ3v) is 3.89. The molecule has 126 valence electrons. The van der Waals surface area contributed by atoms with Gasteiger partial charge in [0.25, 0.3) is 0 Å². The van der Waals surface area contributed by atoms with E-state index < -0.39 is 11.6 Å². The molecule has 4 rings (SSSR count). The highest BCUT2D eigenvalue weighted by molar-refractivity contribution is 5.83. The minimum Gasteiger partial charge on any atom is -0.323 e. The minimum absolute atomic E-state index is 0.0201. The average Bonchev–Trinajstić information content (AvgIpc) is 3.20. The molecule has 8 heteroatoms. The molecule has 0 spiro atoms. The van der Waals surface area contributed by atoms with Gasteiger partial charge in [-0.3, -0.25) is 9.78 Å². The van der Waals surface area contributed by atoms with E-state index in [-0.39, 0.29) is 12.0 Å². The highest BCUT2D eigenvalue weighted by Crippen LogP contribution is 2.25. The fraction of sp³-hybridized carbons (Fsp3) is 0.118. The summed E-state index contributed by atoms with van der Waals surface area (Å²) in [7, 11) is 1.81. The molecule has 6 nitrogen and oxygen atoms in total. The van der Waals surface area contributed by atoms with Gasteiger partial charge in [0.15, 0.2) is 5.82 Å². The summed E-state index contributed by atoms with van der Waals surface area (Å²) in [5, 5.41) is 14.9. The van der Waals surface area contributed by atoms with Gasteiger partial charge in [-0.05, 0) is 12.1 Å². The van der Waals surface area contributed by atoms with Crippen LogP contribution in [0.1, 0.15) is 11.3 Å². The SMILES string of the molecule is Cn1ccc(Nc2cc3[nH]ncc3c(Cc3c(F)cccc3F)n2)n1. The van der Waals surface area contributed by atoms with Gasteiger partial charge in [-0.25, -0.2) is 13.8 Å².